The molecule has 6 heteroatoms. The zero-order chi connectivity index (χ0) is 34.5. The molecule has 0 bridgehead atoms. The van der Waals surface area contributed by atoms with Gasteiger partial charge in [-0.05, 0) is 75.9 Å². The van der Waals surface area contributed by atoms with Crippen molar-refractivity contribution in [2.75, 3.05) is 0 Å². The van der Waals surface area contributed by atoms with Crippen LogP contribution in [0.2, 0.25) is 0 Å². The molecule has 3 heterocycles. The van der Waals surface area contributed by atoms with Gasteiger partial charge in [-0.2, -0.15) is 11.3 Å². The van der Waals surface area contributed by atoms with Crippen LogP contribution >= 0.6 is 11.3 Å². The molecule has 0 atom stereocenters. The molecule has 0 saturated heterocycles. The molecule has 0 aliphatic carbocycles. The number of benzene rings is 4. The van der Waals surface area contributed by atoms with E-state index >= 15 is 0 Å². The van der Waals surface area contributed by atoms with Crippen LogP contribution in [0.15, 0.2) is 115 Å². The van der Waals surface area contributed by atoms with E-state index in [1.54, 1.807) is 11.3 Å². The molecule has 7 aromatic rings. The molecule has 0 spiro atoms. The number of pyridine rings is 2. The van der Waals surface area contributed by atoms with E-state index in [1.165, 1.54) is 48.8 Å². The van der Waals surface area contributed by atoms with Gasteiger partial charge in [-0.3, -0.25) is 4.79 Å². The van der Waals surface area contributed by atoms with Gasteiger partial charge < -0.3 is 9.67 Å². The van der Waals surface area contributed by atoms with Crippen LogP contribution in [-0.4, -0.2) is 15.9 Å². The van der Waals surface area contributed by atoms with Crippen LogP contribution in [0.25, 0.3) is 64.4 Å². The molecule has 0 aliphatic rings. The molecule has 4 nitrogen and oxygen atoms in total. The molecule has 3 aromatic heterocycles. The molecule has 1 N–H and O–H groups in total. The first-order chi connectivity index (χ1) is 23.9. The fraction of sp³-hybridized carbons (Fsp3) is 0.227. The van der Waals surface area contributed by atoms with Gasteiger partial charge in [-0.1, -0.05) is 105 Å². The normalized spacial score (nSPS) is 11.7. The Bertz CT molecular complexity index is 2290. The first-order valence-electron chi connectivity index (χ1n) is 17.3. The Balaban J connectivity index is 0.000000261. The number of aliphatic hydroxyl groups is 1. The number of hydrogen-bond acceptors (Lipinski definition) is 4. The van der Waals surface area contributed by atoms with Crippen LogP contribution < -0.4 is 4.57 Å². The Hall–Kier alpha value is -4.35. The Morgan fingerprint density at radius 1 is 0.860 bits per heavy atom. The van der Waals surface area contributed by atoms with E-state index in [-0.39, 0.29) is 43.5 Å². The fourth-order valence-electron chi connectivity index (χ4n) is 6.78. The third kappa shape index (κ3) is 7.25. The SMILES string of the molecule is CCC(CC)C(=O)/C=C(\O)C(CC)CC.[CH2-][n+]1c(-c2[c-]ccc3c2sc2ncccc23)cc(-c2ccccc2)c2c3ccccc3ccc21.[Ir]. The number of allylic oxidation sites excluding steroid dienone is 2. The molecule has 257 valence electrons. The molecule has 0 saturated carbocycles. The van der Waals surface area contributed by atoms with Crippen molar-refractivity contribution in [2.45, 2.75) is 53.4 Å². The van der Waals surface area contributed by atoms with Crippen molar-refractivity contribution < 1.29 is 34.6 Å². The number of ketones is 1. The number of carbonyl (C=O) groups excluding carboxylic acids is 1. The molecular weight excluding hydrogens is 813 g/mol. The second-order valence-electron chi connectivity index (χ2n) is 12.5. The average Bonchev–Trinajstić information content (AvgIpc) is 3.52. The topological polar surface area (TPSA) is 54.1 Å². The van der Waals surface area contributed by atoms with Gasteiger partial charge in [0.1, 0.15) is 16.0 Å². The van der Waals surface area contributed by atoms with E-state index in [0.29, 0.717) is 0 Å². The third-order valence-electron chi connectivity index (χ3n) is 9.67. The van der Waals surface area contributed by atoms with Crippen LogP contribution in [0.1, 0.15) is 53.4 Å². The number of carbonyl (C=O) groups is 1. The summed E-state index contributed by atoms with van der Waals surface area (Å²) in [6, 6.07) is 37.7. The smallest absolute Gasteiger partial charge is 0.162 e. The number of thiophene rings is 1. The summed E-state index contributed by atoms with van der Waals surface area (Å²) in [6.07, 6.45) is 6.76. The van der Waals surface area contributed by atoms with Gasteiger partial charge in [0.25, 0.3) is 0 Å². The Kier molecular flexibility index (Phi) is 12.2. The molecule has 4 aromatic carbocycles. The van der Waals surface area contributed by atoms with Crippen LogP contribution in [-0.2, 0) is 24.9 Å². The molecule has 0 fully saturated rings. The fourth-order valence-corrected chi connectivity index (χ4v) is 7.93. The van der Waals surface area contributed by atoms with Crippen molar-refractivity contribution in [3.8, 4) is 22.4 Å². The number of hydrogen-bond donors (Lipinski definition) is 1. The van der Waals surface area contributed by atoms with E-state index in [0.717, 1.165) is 47.3 Å². The first kappa shape index (κ1) is 36.9. The molecule has 0 unspecified atom stereocenters. The van der Waals surface area contributed by atoms with Crippen LogP contribution in [0.5, 0.6) is 0 Å². The maximum Gasteiger partial charge on any atom is 0.162 e. The third-order valence-corrected chi connectivity index (χ3v) is 10.8. The summed E-state index contributed by atoms with van der Waals surface area (Å²) in [7, 11) is 4.51. The van der Waals surface area contributed by atoms with Gasteiger partial charge in [-0.25, -0.2) is 4.98 Å². The maximum absolute atomic E-state index is 11.7. The molecule has 7 rings (SSSR count). The number of aromatic nitrogens is 2. The van der Waals surface area contributed by atoms with Gasteiger partial charge in [0, 0.05) is 56.6 Å². The van der Waals surface area contributed by atoms with Crippen molar-refractivity contribution in [3.05, 3.63) is 128 Å². The number of fused-ring (bicyclic) bond motifs is 6. The van der Waals surface area contributed by atoms with Crippen LogP contribution in [0.3, 0.4) is 0 Å². The van der Waals surface area contributed by atoms with Crippen molar-refractivity contribution in [3.63, 3.8) is 0 Å². The van der Waals surface area contributed by atoms with Crippen LogP contribution in [0, 0.1) is 24.9 Å². The van der Waals surface area contributed by atoms with E-state index in [1.807, 2.05) is 46.0 Å². The number of rotatable bonds is 9. The van der Waals surface area contributed by atoms with E-state index in [4.69, 9.17) is 0 Å². The summed E-state index contributed by atoms with van der Waals surface area (Å²) in [6.45, 7) is 8.07. The molecule has 1 radical (unpaired) electrons. The number of nitrogens with zero attached hydrogens (tertiary/aromatic N) is 2. The summed E-state index contributed by atoms with van der Waals surface area (Å²) in [5.41, 5.74) is 5.59. The summed E-state index contributed by atoms with van der Waals surface area (Å²) in [5.74, 6) is 0.547. The van der Waals surface area contributed by atoms with Gasteiger partial charge >= 0.3 is 0 Å². The van der Waals surface area contributed by atoms with Crippen molar-refractivity contribution >= 4 is 59.1 Å². The largest absolute Gasteiger partial charge is 0.512 e. The van der Waals surface area contributed by atoms with Gasteiger partial charge in [0.2, 0.25) is 0 Å². The Labute approximate surface area is 312 Å². The van der Waals surface area contributed by atoms with Crippen LogP contribution in [0.4, 0.5) is 0 Å². The predicted octanol–water partition coefficient (Wildman–Crippen LogP) is 11.7. The summed E-state index contributed by atoms with van der Waals surface area (Å²) in [5, 5.41) is 15.8. The van der Waals surface area contributed by atoms with Gasteiger partial charge in [0.05, 0.1) is 5.76 Å². The molecule has 50 heavy (non-hydrogen) atoms. The molecular formula is C44H43IrN2O2S-. The zero-order valence-electron chi connectivity index (χ0n) is 29.1. The Morgan fingerprint density at radius 2 is 1.54 bits per heavy atom. The van der Waals surface area contributed by atoms with Crippen molar-refractivity contribution in [2.24, 2.45) is 11.8 Å². The summed E-state index contributed by atoms with van der Waals surface area (Å²) >= 11 is 1.72. The van der Waals surface area contributed by atoms with Crippen molar-refractivity contribution in [1.29, 1.82) is 0 Å². The van der Waals surface area contributed by atoms with E-state index < -0.39 is 0 Å². The quantitative estimate of drug-likeness (QED) is 0.0517. The minimum absolute atomic E-state index is 0. The minimum Gasteiger partial charge on any atom is -0.512 e. The standard InChI is InChI=1S/C31H19N2S.C13H24O2.Ir/c1-33-27-17-16-21-11-5-6-12-22(21)29(27)26(20-9-3-2-4-10-20)19-28(33)25-14-7-13-23-24-15-8-18-32-31(24)34-30(23)25;1-5-10(6-2)12(14)9-13(15)11(7-3)8-4;/h2-13,15-19H,1H2;9-11,14H,5-8H2,1-4H3;/q-1;;/b;12-9-;. The Morgan fingerprint density at radius 3 is 2.26 bits per heavy atom. The van der Waals surface area contributed by atoms with Gasteiger partial charge in [-0.15, -0.1) is 18.2 Å². The zero-order valence-corrected chi connectivity index (χ0v) is 32.3. The second-order valence-corrected chi connectivity index (χ2v) is 13.5. The summed E-state index contributed by atoms with van der Waals surface area (Å²) < 4.78 is 3.25. The summed E-state index contributed by atoms with van der Waals surface area (Å²) in [4.78, 5) is 17.4. The average molecular weight is 856 g/mol. The minimum atomic E-state index is 0. The molecule has 0 aliphatic heterocycles. The monoisotopic (exact) mass is 856 g/mol. The number of aliphatic hydroxyl groups excluding tert-OH is 1. The first-order valence-corrected chi connectivity index (χ1v) is 18.1. The van der Waals surface area contributed by atoms with E-state index in [2.05, 4.69) is 108 Å². The van der Waals surface area contributed by atoms with Gasteiger partial charge in [0.15, 0.2) is 5.78 Å². The van der Waals surface area contributed by atoms with E-state index in [9.17, 15) is 9.90 Å². The predicted molar refractivity (Wildman–Crippen MR) is 207 cm³/mol. The van der Waals surface area contributed by atoms with Crippen molar-refractivity contribution in [1.82, 2.24) is 4.98 Å². The molecule has 0 amide bonds. The maximum atomic E-state index is 11.7. The second kappa shape index (κ2) is 16.6.